The lowest BCUT2D eigenvalue weighted by molar-refractivity contribution is -0.140. The molecule has 2 aromatic carbocycles. The van der Waals surface area contributed by atoms with E-state index in [1.54, 1.807) is 30.3 Å². The fourth-order valence-electron chi connectivity index (χ4n) is 3.90. The Morgan fingerprint density at radius 3 is 2.49 bits per heavy atom. The number of benzene rings is 2. The van der Waals surface area contributed by atoms with E-state index in [0.29, 0.717) is 16.7 Å². The molecule has 0 aliphatic rings. The molecule has 0 unspecified atom stereocenters. The quantitative estimate of drug-likeness (QED) is 0.364. The zero-order valence-corrected chi connectivity index (χ0v) is 20.6. The van der Waals surface area contributed by atoms with Crippen molar-refractivity contribution in [3.8, 4) is 11.1 Å². The number of halogens is 4. The lowest BCUT2D eigenvalue weighted by Crippen LogP contribution is -2.29. The summed E-state index contributed by atoms with van der Waals surface area (Å²) in [4.78, 5) is 32.5. The number of rotatable bonds is 5. The predicted molar refractivity (Wildman–Crippen MR) is 130 cm³/mol. The van der Waals surface area contributed by atoms with Crippen LogP contribution in [0, 0.1) is 6.92 Å². The van der Waals surface area contributed by atoms with Crippen LogP contribution in [-0.4, -0.2) is 39.5 Å². The van der Waals surface area contributed by atoms with Crippen molar-refractivity contribution >= 4 is 33.2 Å². The van der Waals surface area contributed by atoms with E-state index in [1.165, 1.54) is 19.1 Å². The second-order valence-electron chi connectivity index (χ2n) is 8.30. The largest absolute Gasteiger partial charge is 0.433 e. The Balaban J connectivity index is 1.83. The highest BCUT2D eigenvalue weighted by molar-refractivity contribution is 9.10. The summed E-state index contributed by atoms with van der Waals surface area (Å²) >= 11 is 3.40. The minimum absolute atomic E-state index is 0.0147. The van der Waals surface area contributed by atoms with Gasteiger partial charge in [0.15, 0.2) is 5.65 Å². The molecule has 7 nitrogen and oxygen atoms in total. The molecule has 0 saturated carbocycles. The van der Waals surface area contributed by atoms with E-state index in [-0.39, 0.29) is 28.0 Å². The summed E-state index contributed by atoms with van der Waals surface area (Å²) in [6, 6.07) is 13.2. The maximum Gasteiger partial charge on any atom is 0.433 e. The maximum atomic E-state index is 13.9. The third-order valence-electron chi connectivity index (χ3n) is 5.25. The van der Waals surface area contributed by atoms with Crippen molar-refractivity contribution in [1.29, 1.82) is 0 Å². The number of aromatic amines is 1. The molecule has 0 fully saturated rings. The predicted octanol–water partition coefficient (Wildman–Crippen LogP) is 5.09. The van der Waals surface area contributed by atoms with Crippen molar-refractivity contribution in [2.45, 2.75) is 19.6 Å². The zero-order valence-electron chi connectivity index (χ0n) is 19.0. The fraction of sp³-hybridized carbons (Fsp3) is 0.208. The van der Waals surface area contributed by atoms with Gasteiger partial charge in [-0.25, -0.2) is 4.98 Å². The SMILES string of the molecule is Cc1nc2c(-c3ccccc3)c(C(F)(F)F)[nH]n2c(=O)c1C(=O)Nc1cc(Br)cc(CN(C)C)c1. The smallest absolute Gasteiger partial charge is 0.322 e. The average molecular weight is 548 g/mol. The van der Waals surface area contributed by atoms with Crippen LogP contribution in [0.5, 0.6) is 0 Å². The van der Waals surface area contributed by atoms with Gasteiger partial charge in [-0.2, -0.15) is 17.7 Å². The van der Waals surface area contributed by atoms with Crippen LogP contribution in [0.25, 0.3) is 16.8 Å². The summed E-state index contributed by atoms with van der Waals surface area (Å²) < 4.78 is 43.0. The van der Waals surface area contributed by atoms with Gasteiger partial charge in [0.05, 0.1) is 11.3 Å². The minimum Gasteiger partial charge on any atom is -0.322 e. The molecular formula is C24H21BrF3N5O2. The number of aromatic nitrogens is 3. The van der Waals surface area contributed by atoms with Crippen LogP contribution in [0.1, 0.15) is 27.3 Å². The van der Waals surface area contributed by atoms with Gasteiger partial charge in [-0.3, -0.25) is 14.7 Å². The van der Waals surface area contributed by atoms with Gasteiger partial charge >= 0.3 is 6.18 Å². The summed E-state index contributed by atoms with van der Waals surface area (Å²) in [5.41, 5.74) is -1.28. The highest BCUT2D eigenvalue weighted by atomic mass is 79.9. The first-order valence-corrected chi connectivity index (χ1v) is 11.3. The topological polar surface area (TPSA) is 82.5 Å². The van der Waals surface area contributed by atoms with E-state index in [2.05, 4.69) is 31.3 Å². The monoisotopic (exact) mass is 547 g/mol. The Hall–Kier alpha value is -3.44. The molecular weight excluding hydrogens is 527 g/mol. The Morgan fingerprint density at radius 1 is 1.17 bits per heavy atom. The highest BCUT2D eigenvalue weighted by Crippen LogP contribution is 2.38. The van der Waals surface area contributed by atoms with Gasteiger partial charge in [0.1, 0.15) is 11.3 Å². The molecule has 4 aromatic rings. The van der Waals surface area contributed by atoms with Crippen molar-refractivity contribution < 1.29 is 18.0 Å². The van der Waals surface area contributed by atoms with Crippen LogP contribution < -0.4 is 10.9 Å². The molecule has 2 N–H and O–H groups in total. The standard InChI is InChI=1S/C24H21BrF3N5O2/c1-13-18(22(34)30-17-10-14(12-32(2)3)9-16(25)11-17)23(35)33-21(29-13)19(15-7-5-4-6-8-15)20(31-33)24(26,27)28/h4-11,31H,12H2,1-3H3,(H,30,34). The van der Waals surface area contributed by atoms with E-state index < -0.39 is 23.3 Å². The van der Waals surface area contributed by atoms with Gasteiger partial charge in [-0.05, 0) is 50.3 Å². The van der Waals surface area contributed by atoms with Crippen molar-refractivity contribution in [3.05, 3.63) is 85.9 Å². The van der Waals surface area contributed by atoms with Crippen LogP contribution in [0.2, 0.25) is 0 Å². The number of nitrogens with zero attached hydrogens (tertiary/aromatic N) is 3. The maximum absolute atomic E-state index is 13.9. The molecule has 0 saturated heterocycles. The van der Waals surface area contributed by atoms with Gasteiger partial charge in [0, 0.05) is 16.7 Å². The third-order valence-corrected chi connectivity index (χ3v) is 5.71. The molecule has 0 bridgehead atoms. The van der Waals surface area contributed by atoms with Gasteiger partial charge in [0.25, 0.3) is 11.5 Å². The van der Waals surface area contributed by atoms with Crippen LogP contribution in [0.4, 0.5) is 18.9 Å². The molecule has 11 heteroatoms. The highest BCUT2D eigenvalue weighted by Gasteiger charge is 2.38. The number of hydrogen-bond donors (Lipinski definition) is 2. The molecule has 182 valence electrons. The number of amides is 1. The van der Waals surface area contributed by atoms with Crippen molar-refractivity contribution in [3.63, 3.8) is 0 Å². The minimum atomic E-state index is -4.78. The zero-order chi connectivity index (χ0) is 25.5. The summed E-state index contributed by atoms with van der Waals surface area (Å²) in [6.45, 7) is 2.03. The lowest BCUT2D eigenvalue weighted by Gasteiger charge is -2.13. The van der Waals surface area contributed by atoms with Crippen LogP contribution >= 0.6 is 15.9 Å². The number of anilines is 1. The first kappa shape index (κ1) is 24.7. The summed E-state index contributed by atoms with van der Waals surface area (Å²) in [5, 5.41) is 4.79. The molecule has 2 heterocycles. The lowest BCUT2D eigenvalue weighted by atomic mass is 10.1. The summed E-state index contributed by atoms with van der Waals surface area (Å²) in [6.07, 6.45) is -4.78. The van der Waals surface area contributed by atoms with Crippen LogP contribution in [0.3, 0.4) is 0 Å². The number of aryl methyl sites for hydroxylation is 1. The molecule has 1 amide bonds. The van der Waals surface area contributed by atoms with E-state index in [1.807, 2.05) is 25.1 Å². The molecule has 0 radical (unpaired) electrons. The van der Waals surface area contributed by atoms with Crippen molar-refractivity contribution in [2.75, 3.05) is 19.4 Å². The number of carbonyl (C=O) groups excluding carboxylic acids is 1. The van der Waals surface area contributed by atoms with Crippen molar-refractivity contribution in [1.82, 2.24) is 19.5 Å². The Kier molecular flexibility index (Phi) is 6.56. The van der Waals surface area contributed by atoms with E-state index >= 15 is 0 Å². The van der Waals surface area contributed by atoms with E-state index in [4.69, 9.17) is 0 Å². The third kappa shape index (κ3) is 5.01. The molecule has 35 heavy (non-hydrogen) atoms. The van der Waals surface area contributed by atoms with Crippen LogP contribution in [0.15, 0.2) is 57.8 Å². The number of H-pyrrole nitrogens is 1. The molecule has 0 aliphatic carbocycles. The van der Waals surface area contributed by atoms with Crippen molar-refractivity contribution in [2.24, 2.45) is 0 Å². The van der Waals surface area contributed by atoms with Gasteiger partial charge in [-0.1, -0.05) is 46.3 Å². The molecule has 4 rings (SSSR count). The van der Waals surface area contributed by atoms with Crippen LogP contribution in [-0.2, 0) is 12.7 Å². The summed E-state index contributed by atoms with van der Waals surface area (Å²) in [7, 11) is 3.80. The number of nitrogens with one attached hydrogen (secondary N) is 2. The Morgan fingerprint density at radius 2 is 1.86 bits per heavy atom. The number of alkyl halides is 3. The number of fused-ring (bicyclic) bond motifs is 1. The molecule has 0 spiro atoms. The Labute approximate surface area is 206 Å². The molecule has 0 atom stereocenters. The van der Waals surface area contributed by atoms with E-state index in [0.717, 1.165) is 10.0 Å². The first-order valence-electron chi connectivity index (χ1n) is 10.5. The second kappa shape index (κ2) is 9.31. The second-order valence-corrected chi connectivity index (χ2v) is 9.22. The summed E-state index contributed by atoms with van der Waals surface area (Å²) in [5.74, 6) is -0.771. The van der Waals surface area contributed by atoms with Gasteiger partial charge in [0.2, 0.25) is 0 Å². The van der Waals surface area contributed by atoms with Gasteiger partial charge in [-0.15, -0.1) is 0 Å². The number of carbonyl (C=O) groups is 1. The van der Waals surface area contributed by atoms with Gasteiger partial charge < -0.3 is 10.2 Å². The average Bonchev–Trinajstić information content (AvgIpc) is 3.13. The number of hydrogen-bond acceptors (Lipinski definition) is 4. The fourth-order valence-corrected chi connectivity index (χ4v) is 4.44. The molecule has 0 aliphatic heterocycles. The molecule has 2 aromatic heterocycles. The normalized spacial score (nSPS) is 11.9. The first-order chi connectivity index (χ1) is 16.5. The Bertz CT molecular complexity index is 1480. The van der Waals surface area contributed by atoms with E-state index in [9.17, 15) is 22.8 Å².